The molecule has 0 radical (unpaired) electrons. The van der Waals surface area contributed by atoms with E-state index in [4.69, 9.17) is 9.47 Å². The van der Waals surface area contributed by atoms with Gasteiger partial charge in [0.25, 0.3) is 0 Å². The summed E-state index contributed by atoms with van der Waals surface area (Å²) in [4.78, 5) is 6.95. The number of pyridine rings is 1. The molecule has 9 nitrogen and oxygen atoms in total. The second kappa shape index (κ2) is 9.22. The molecule has 3 saturated heterocycles. The minimum atomic E-state index is -3.75. The van der Waals surface area contributed by atoms with Crippen LogP contribution in [0.5, 0.6) is 0 Å². The Morgan fingerprint density at radius 2 is 2.03 bits per heavy atom. The third kappa shape index (κ3) is 4.10. The van der Waals surface area contributed by atoms with Gasteiger partial charge in [0.2, 0.25) is 10.0 Å². The second-order valence-electron chi connectivity index (χ2n) is 10.9. The van der Waals surface area contributed by atoms with Gasteiger partial charge in [-0.15, -0.1) is 0 Å². The summed E-state index contributed by atoms with van der Waals surface area (Å²) in [6.07, 6.45) is 7.84. The molecule has 4 aliphatic rings. The molecule has 0 amide bonds. The third-order valence-electron chi connectivity index (χ3n) is 8.56. The molecule has 204 valence electrons. The standard InChI is InChI=1S/C28H30FN5O4S/c1-37-18-28-12-19-13-31-34(22-4-2-21(29)3-5-22)26(19)10-20(28)8-9-32(17-28)39(35,36)25-6-7-27(30-14-25)33-15-24-11-23(33)16-38-24/h2-7,10,13-14,23-24H,8-9,11-12,15-18H2,1H3/t23-,24-,28+/m0/s1. The van der Waals surface area contributed by atoms with Crippen LogP contribution in [0.15, 0.2) is 59.3 Å². The van der Waals surface area contributed by atoms with Crippen LogP contribution >= 0.6 is 0 Å². The summed E-state index contributed by atoms with van der Waals surface area (Å²) in [6.45, 7) is 2.56. The summed E-state index contributed by atoms with van der Waals surface area (Å²) in [5, 5.41) is 4.57. The number of hydrogen-bond donors (Lipinski definition) is 0. The molecule has 39 heavy (non-hydrogen) atoms. The lowest BCUT2D eigenvalue weighted by molar-refractivity contribution is 0.0733. The summed E-state index contributed by atoms with van der Waals surface area (Å²) in [5.74, 6) is 0.496. The van der Waals surface area contributed by atoms with Crippen LogP contribution in [0, 0.1) is 11.2 Å². The van der Waals surface area contributed by atoms with Gasteiger partial charge in [0.05, 0.1) is 42.9 Å². The van der Waals surface area contributed by atoms with Crippen molar-refractivity contribution in [3.8, 4) is 5.69 Å². The van der Waals surface area contributed by atoms with E-state index in [0.717, 1.165) is 41.3 Å². The summed E-state index contributed by atoms with van der Waals surface area (Å²) < 4.78 is 55.8. The Hall–Kier alpha value is -3.12. The molecule has 3 atom stereocenters. The van der Waals surface area contributed by atoms with Crippen molar-refractivity contribution in [2.75, 3.05) is 44.9 Å². The van der Waals surface area contributed by atoms with Crippen molar-refractivity contribution in [1.29, 1.82) is 0 Å². The van der Waals surface area contributed by atoms with Gasteiger partial charge >= 0.3 is 0 Å². The van der Waals surface area contributed by atoms with Crippen LogP contribution < -0.4 is 4.90 Å². The minimum Gasteiger partial charge on any atom is -0.384 e. The smallest absolute Gasteiger partial charge is 0.244 e. The minimum absolute atomic E-state index is 0.201. The monoisotopic (exact) mass is 551 g/mol. The van der Waals surface area contributed by atoms with E-state index in [1.54, 1.807) is 29.6 Å². The highest BCUT2D eigenvalue weighted by molar-refractivity contribution is 7.89. The average molecular weight is 552 g/mol. The third-order valence-corrected chi connectivity index (χ3v) is 10.4. The van der Waals surface area contributed by atoms with E-state index in [9.17, 15) is 12.8 Å². The number of rotatable bonds is 6. The number of morpholine rings is 1. The maximum atomic E-state index is 13.8. The first kappa shape index (κ1) is 24.9. The van der Waals surface area contributed by atoms with Gasteiger partial charge in [-0.3, -0.25) is 0 Å². The lowest BCUT2D eigenvalue weighted by Crippen LogP contribution is -2.51. The molecule has 0 N–H and O–H groups in total. The predicted octanol–water partition coefficient (Wildman–Crippen LogP) is 3.05. The maximum Gasteiger partial charge on any atom is 0.244 e. The molecule has 11 heteroatoms. The van der Waals surface area contributed by atoms with E-state index in [1.807, 2.05) is 16.9 Å². The number of piperidine rings is 1. The summed E-state index contributed by atoms with van der Waals surface area (Å²) in [6, 6.07) is 10.0. The molecule has 1 aliphatic carbocycles. The van der Waals surface area contributed by atoms with Crippen LogP contribution in [0.2, 0.25) is 0 Å². The van der Waals surface area contributed by atoms with Gasteiger partial charge < -0.3 is 14.4 Å². The van der Waals surface area contributed by atoms with Gasteiger partial charge in [-0.1, -0.05) is 5.57 Å². The van der Waals surface area contributed by atoms with Gasteiger partial charge in [0, 0.05) is 38.4 Å². The summed E-state index contributed by atoms with van der Waals surface area (Å²) in [5.41, 5.74) is 3.38. The first-order valence-electron chi connectivity index (χ1n) is 13.2. The average Bonchev–Trinajstić information content (AvgIpc) is 3.68. The normalized spacial score (nSPS) is 26.4. The number of benzene rings is 1. The predicted molar refractivity (Wildman–Crippen MR) is 143 cm³/mol. The zero-order chi connectivity index (χ0) is 26.8. The number of sulfonamides is 1. The molecule has 3 aromatic rings. The Morgan fingerprint density at radius 1 is 1.18 bits per heavy atom. The van der Waals surface area contributed by atoms with Gasteiger partial charge in [-0.05, 0) is 67.3 Å². The fourth-order valence-electron chi connectivity index (χ4n) is 6.62. The van der Waals surface area contributed by atoms with Crippen LogP contribution in [0.1, 0.15) is 24.1 Å². The fraction of sp³-hybridized carbons (Fsp3) is 0.429. The van der Waals surface area contributed by atoms with Crippen molar-refractivity contribution in [3.63, 3.8) is 0 Å². The van der Waals surface area contributed by atoms with Crippen molar-refractivity contribution in [2.45, 2.75) is 36.3 Å². The molecule has 0 unspecified atom stereocenters. The Kier molecular flexibility index (Phi) is 5.89. The molecule has 0 saturated carbocycles. The molecule has 2 aromatic heterocycles. The lowest BCUT2D eigenvalue weighted by Gasteiger charge is -2.45. The maximum absolute atomic E-state index is 13.8. The van der Waals surface area contributed by atoms with E-state index in [1.165, 1.54) is 18.3 Å². The van der Waals surface area contributed by atoms with E-state index in [0.29, 0.717) is 45.2 Å². The number of halogens is 1. The van der Waals surface area contributed by atoms with Crippen molar-refractivity contribution in [1.82, 2.24) is 19.1 Å². The number of hydrogen-bond acceptors (Lipinski definition) is 7. The number of aromatic nitrogens is 3. The van der Waals surface area contributed by atoms with Gasteiger partial charge in [0.15, 0.2) is 0 Å². The molecular weight excluding hydrogens is 521 g/mol. The summed E-state index contributed by atoms with van der Waals surface area (Å²) >= 11 is 0. The van der Waals surface area contributed by atoms with E-state index < -0.39 is 15.4 Å². The van der Waals surface area contributed by atoms with Crippen molar-refractivity contribution in [3.05, 3.63) is 71.4 Å². The Labute approximate surface area is 226 Å². The largest absolute Gasteiger partial charge is 0.384 e. The molecule has 0 spiro atoms. The molecule has 7 rings (SSSR count). The molecule has 2 bridgehead atoms. The number of nitrogens with zero attached hydrogens (tertiary/aromatic N) is 5. The van der Waals surface area contributed by atoms with E-state index in [-0.39, 0.29) is 16.8 Å². The Balaban J connectivity index is 1.15. The van der Waals surface area contributed by atoms with Gasteiger partial charge in [-0.25, -0.2) is 22.5 Å². The highest BCUT2D eigenvalue weighted by Gasteiger charge is 2.46. The van der Waals surface area contributed by atoms with E-state index in [2.05, 4.69) is 21.1 Å². The zero-order valence-corrected chi connectivity index (χ0v) is 22.5. The molecule has 3 fully saturated rings. The second-order valence-corrected chi connectivity index (χ2v) is 12.9. The molecule has 3 aliphatic heterocycles. The molecule has 5 heterocycles. The highest BCUT2D eigenvalue weighted by Crippen LogP contribution is 2.45. The highest BCUT2D eigenvalue weighted by atomic mass is 32.2. The first-order valence-corrected chi connectivity index (χ1v) is 14.7. The quantitative estimate of drug-likeness (QED) is 0.465. The van der Waals surface area contributed by atoms with E-state index >= 15 is 0 Å². The van der Waals surface area contributed by atoms with Gasteiger partial charge in [-0.2, -0.15) is 9.40 Å². The Morgan fingerprint density at radius 3 is 2.72 bits per heavy atom. The number of methoxy groups -OCH3 is 1. The SMILES string of the molecule is COC[C@]12Cc3cnn(-c4ccc(F)cc4)c3C=C1CCN(S(=O)(=O)c1ccc(N3C[C@@H]4C[C@H]3CO4)nc1)C2. The van der Waals surface area contributed by atoms with Crippen LogP contribution in [0.25, 0.3) is 11.8 Å². The number of fused-ring (bicyclic) bond motifs is 4. The fourth-order valence-corrected chi connectivity index (χ4v) is 8.09. The molecular formula is C28H30FN5O4S. The zero-order valence-electron chi connectivity index (χ0n) is 21.7. The Bertz CT molecular complexity index is 1540. The van der Waals surface area contributed by atoms with Crippen LogP contribution in [-0.2, 0) is 25.9 Å². The van der Waals surface area contributed by atoms with Gasteiger partial charge in [0.1, 0.15) is 16.5 Å². The topological polar surface area (TPSA) is 89.8 Å². The van der Waals surface area contributed by atoms with Crippen molar-refractivity contribution in [2.24, 2.45) is 5.41 Å². The lowest BCUT2D eigenvalue weighted by atomic mass is 9.69. The number of anilines is 1. The first-order chi connectivity index (χ1) is 18.9. The summed E-state index contributed by atoms with van der Waals surface area (Å²) in [7, 11) is -2.10. The van der Waals surface area contributed by atoms with Crippen LogP contribution in [0.4, 0.5) is 10.2 Å². The van der Waals surface area contributed by atoms with Crippen molar-refractivity contribution < 1.29 is 22.3 Å². The van der Waals surface area contributed by atoms with Crippen molar-refractivity contribution >= 4 is 21.9 Å². The number of ether oxygens (including phenoxy) is 2. The molecule has 1 aromatic carbocycles. The van der Waals surface area contributed by atoms with Crippen LogP contribution in [-0.4, -0.2) is 79.6 Å². The van der Waals surface area contributed by atoms with Crippen LogP contribution in [0.3, 0.4) is 0 Å².